The molecule has 1 fully saturated rings. The van der Waals surface area contributed by atoms with E-state index in [0.717, 1.165) is 24.8 Å². The number of rotatable bonds is 7. The number of nitrogens with zero attached hydrogens (tertiary/aromatic N) is 3. The highest BCUT2D eigenvalue weighted by molar-refractivity contribution is 8.15. The third-order valence-electron chi connectivity index (χ3n) is 3.89. The Morgan fingerprint density at radius 1 is 1.24 bits per heavy atom. The lowest BCUT2D eigenvalue weighted by Gasteiger charge is -2.15. The molecule has 6 heteroatoms. The first-order valence-electron chi connectivity index (χ1n) is 8.44. The van der Waals surface area contributed by atoms with Crippen LogP contribution in [0.25, 0.3) is 0 Å². The van der Waals surface area contributed by atoms with Gasteiger partial charge in [0.1, 0.15) is 5.76 Å². The summed E-state index contributed by atoms with van der Waals surface area (Å²) in [4.78, 5) is 14.5. The summed E-state index contributed by atoms with van der Waals surface area (Å²) < 4.78 is 5.21. The summed E-state index contributed by atoms with van der Waals surface area (Å²) in [7, 11) is 0. The van der Waals surface area contributed by atoms with Crippen molar-refractivity contribution in [3.8, 4) is 0 Å². The van der Waals surface area contributed by atoms with Crippen LogP contribution in [-0.2, 0) is 11.3 Å². The molecule has 1 aromatic carbocycles. The standard InChI is InChI=1S/C19H21N3O2S/c1-2-3-11-17-18(23)22(14-15-8-5-4-6-9-15)19(25-17)21-20-13-16-10-7-12-24-16/h4-10,12-13,17H,2-3,11,14H2,1H3. The van der Waals surface area contributed by atoms with Gasteiger partial charge < -0.3 is 4.42 Å². The van der Waals surface area contributed by atoms with E-state index in [1.807, 2.05) is 36.4 Å². The fourth-order valence-electron chi connectivity index (χ4n) is 2.57. The molecule has 130 valence electrons. The predicted octanol–water partition coefficient (Wildman–Crippen LogP) is 4.30. The normalized spacial score (nSPS) is 19.4. The number of unbranched alkanes of at least 4 members (excludes halogenated alkanes) is 1. The SMILES string of the molecule is CCCCC1SC(=NN=Cc2ccco2)N(Cc2ccccc2)C1=O. The molecule has 0 aliphatic carbocycles. The Kier molecular flexibility index (Phi) is 6.06. The van der Waals surface area contributed by atoms with Crippen molar-refractivity contribution in [1.29, 1.82) is 0 Å². The highest BCUT2D eigenvalue weighted by atomic mass is 32.2. The lowest BCUT2D eigenvalue weighted by molar-refractivity contribution is -0.126. The second kappa shape index (κ2) is 8.67. The summed E-state index contributed by atoms with van der Waals surface area (Å²) in [6.07, 6.45) is 6.12. The molecule has 1 aromatic heterocycles. The van der Waals surface area contributed by atoms with Crippen LogP contribution in [0.5, 0.6) is 0 Å². The van der Waals surface area contributed by atoms with Crippen LogP contribution >= 0.6 is 11.8 Å². The van der Waals surface area contributed by atoms with Crippen LogP contribution in [0.15, 0.2) is 63.3 Å². The maximum Gasteiger partial charge on any atom is 0.242 e. The average Bonchev–Trinajstić information content (AvgIpc) is 3.25. The Labute approximate surface area is 151 Å². The lowest BCUT2D eigenvalue weighted by Crippen LogP contribution is -2.31. The van der Waals surface area contributed by atoms with Gasteiger partial charge in [-0.3, -0.25) is 9.69 Å². The Morgan fingerprint density at radius 2 is 2.08 bits per heavy atom. The maximum absolute atomic E-state index is 12.8. The topological polar surface area (TPSA) is 58.2 Å². The third kappa shape index (κ3) is 4.60. The van der Waals surface area contributed by atoms with Crippen LogP contribution in [0.4, 0.5) is 0 Å². The van der Waals surface area contributed by atoms with Gasteiger partial charge in [-0.25, -0.2) is 0 Å². The van der Waals surface area contributed by atoms with Crippen molar-refractivity contribution in [2.45, 2.75) is 38.0 Å². The van der Waals surface area contributed by atoms with Crippen LogP contribution in [0.2, 0.25) is 0 Å². The molecule has 1 atom stereocenters. The summed E-state index contributed by atoms with van der Waals surface area (Å²) in [5.74, 6) is 0.755. The second-order valence-electron chi connectivity index (χ2n) is 5.80. The molecule has 0 bridgehead atoms. The molecule has 2 heterocycles. The molecule has 1 unspecified atom stereocenters. The number of benzene rings is 1. The van der Waals surface area contributed by atoms with Gasteiger partial charge in [-0.2, -0.15) is 5.10 Å². The van der Waals surface area contributed by atoms with Crippen LogP contribution in [0.1, 0.15) is 37.5 Å². The summed E-state index contributed by atoms with van der Waals surface area (Å²) in [6.45, 7) is 2.65. The molecule has 0 N–H and O–H groups in total. The first-order valence-corrected chi connectivity index (χ1v) is 9.32. The van der Waals surface area contributed by atoms with E-state index in [1.165, 1.54) is 11.8 Å². The number of amides is 1. The molecule has 2 aromatic rings. The Bertz CT molecular complexity index is 741. The molecule has 1 aliphatic heterocycles. The minimum absolute atomic E-state index is 0.0683. The molecular weight excluding hydrogens is 334 g/mol. The lowest BCUT2D eigenvalue weighted by atomic mass is 10.1. The molecule has 1 amide bonds. The summed E-state index contributed by atoms with van der Waals surface area (Å²) in [6, 6.07) is 13.6. The number of carbonyl (C=O) groups is 1. The molecule has 0 spiro atoms. The average molecular weight is 355 g/mol. The van der Waals surface area contributed by atoms with E-state index in [1.54, 1.807) is 23.4 Å². The van der Waals surface area contributed by atoms with Gasteiger partial charge in [-0.1, -0.05) is 61.9 Å². The Hall–Kier alpha value is -2.34. The minimum atomic E-state index is -0.0683. The highest BCUT2D eigenvalue weighted by Crippen LogP contribution is 2.32. The third-order valence-corrected chi connectivity index (χ3v) is 5.13. The van der Waals surface area contributed by atoms with Crippen LogP contribution < -0.4 is 0 Å². The van der Waals surface area contributed by atoms with E-state index >= 15 is 0 Å². The maximum atomic E-state index is 12.8. The Morgan fingerprint density at radius 3 is 2.80 bits per heavy atom. The van der Waals surface area contributed by atoms with Crippen LogP contribution in [0, 0.1) is 0 Å². The molecule has 25 heavy (non-hydrogen) atoms. The molecule has 3 rings (SSSR count). The monoisotopic (exact) mass is 355 g/mol. The van der Waals surface area contributed by atoms with Crippen LogP contribution in [0.3, 0.4) is 0 Å². The van der Waals surface area contributed by atoms with Gasteiger partial charge in [0.05, 0.1) is 24.3 Å². The summed E-state index contributed by atoms with van der Waals surface area (Å²) in [5.41, 5.74) is 1.08. The quantitative estimate of drug-likeness (QED) is 0.549. The van der Waals surface area contributed by atoms with Gasteiger partial charge in [0.15, 0.2) is 5.17 Å². The van der Waals surface area contributed by atoms with E-state index < -0.39 is 0 Å². The number of hydrogen-bond acceptors (Lipinski definition) is 5. The zero-order valence-corrected chi connectivity index (χ0v) is 15.0. The summed E-state index contributed by atoms with van der Waals surface area (Å²) >= 11 is 1.51. The number of furan rings is 1. The van der Waals surface area contributed by atoms with E-state index in [0.29, 0.717) is 17.5 Å². The zero-order chi connectivity index (χ0) is 17.5. The van der Waals surface area contributed by atoms with Gasteiger partial charge in [-0.05, 0) is 24.1 Å². The number of amidine groups is 1. The Balaban J connectivity index is 1.77. The molecule has 1 aliphatic rings. The number of carbonyl (C=O) groups excluding carboxylic acids is 1. The van der Waals surface area contributed by atoms with Crippen molar-refractivity contribution in [3.05, 3.63) is 60.1 Å². The van der Waals surface area contributed by atoms with Crippen molar-refractivity contribution < 1.29 is 9.21 Å². The van der Waals surface area contributed by atoms with Gasteiger partial charge in [0.2, 0.25) is 5.91 Å². The molecule has 5 nitrogen and oxygen atoms in total. The molecule has 1 saturated heterocycles. The van der Waals surface area contributed by atoms with Crippen molar-refractivity contribution in [3.63, 3.8) is 0 Å². The second-order valence-corrected chi connectivity index (χ2v) is 6.97. The van der Waals surface area contributed by atoms with Gasteiger partial charge in [-0.15, -0.1) is 5.10 Å². The highest BCUT2D eigenvalue weighted by Gasteiger charge is 2.37. The number of thioether (sulfide) groups is 1. The van der Waals surface area contributed by atoms with Gasteiger partial charge in [0.25, 0.3) is 0 Å². The van der Waals surface area contributed by atoms with Crippen molar-refractivity contribution in [1.82, 2.24) is 4.90 Å². The van der Waals surface area contributed by atoms with Crippen molar-refractivity contribution >= 4 is 29.1 Å². The smallest absolute Gasteiger partial charge is 0.242 e. The predicted molar refractivity (Wildman–Crippen MR) is 102 cm³/mol. The van der Waals surface area contributed by atoms with Gasteiger partial charge in [0, 0.05) is 0 Å². The largest absolute Gasteiger partial charge is 0.463 e. The summed E-state index contributed by atoms with van der Waals surface area (Å²) in [5, 5.41) is 8.95. The number of hydrogen-bond donors (Lipinski definition) is 0. The van der Waals surface area contributed by atoms with Crippen molar-refractivity contribution in [2.24, 2.45) is 10.2 Å². The first kappa shape index (κ1) is 17.5. The first-order chi connectivity index (χ1) is 12.3. The van der Waals surface area contributed by atoms with E-state index in [-0.39, 0.29) is 11.2 Å². The fourth-order valence-corrected chi connectivity index (χ4v) is 3.71. The minimum Gasteiger partial charge on any atom is -0.463 e. The molecular formula is C19H21N3O2S. The van der Waals surface area contributed by atoms with E-state index in [2.05, 4.69) is 17.1 Å². The van der Waals surface area contributed by atoms with Crippen molar-refractivity contribution in [2.75, 3.05) is 0 Å². The molecule has 0 saturated carbocycles. The zero-order valence-electron chi connectivity index (χ0n) is 14.2. The molecule has 0 radical (unpaired) electrons. The van der Waals surface area contributed by atoms with Crippen LogP contribution in [-0.4, -0.2) is 27.4 Å². The fraction of sp³-hybridized carbons (Fsp3) is 0.316. The van der Waals surface area contributed by atoms with E-state index in [9.17, 15) is 4.79 Å². The van der Waals surface area contributed by atoms with Gasteiger partial charge >= 0.3 is 0 Å². The van der Waals surface area contributed by atoms with E-state index in [4.69, 9.17) is 4.42 Å².